The second-order valence-corrected chi connectivity index (χ2v) is 10.3. The van der Waals surface area contributed by atoms with Crippen LogP contribution in [0.3, 0.4) is 0 Å². The van der Waals surface area contributed by atoms with Crippen molar-refractivity contribution in [3.8, 4) is 0 Å². The monoisotopic (exact) mass is 570 g/mol. The minimum Gasteiger partial charge on any atom is -0.465 e. The van der Waals surface area contributed by atoms with E-state index in [4.69, 9.17) is 15.6 Å². The van der Waals surface area contributed by atoms with Gasteiger partial charge in [-0.25, -0.2) is 19.4 Å². The number of piperidine rings is 1. The Morgan fingerprint density at radius 1 is 1.15 bits per heavy atom. The van der Waals surface area contributed by atoms with Gasteiger partial charge in [0, 0.05) is 18.4 Å². The molecule has 12 heteroatoms. The van der Waals surface area contributed by atoms with Gasteiger partial charge >= 0.3 is 12.1 Å². The molecule has 4 aromatic rings. The summed E-state index contributed by atoms with van der Waals surface area (Å²) in [6.45, 7) is 3.82. The van der Waals surface area contributed by atoms with Crippen LogP contribution in [0.2, 0.25) is 0 Å². The van der Waals surface area contributed by atoms with Crippen LogP contribution in [0.5, 0.6) is 0 Å². The van der Waals surface area contributed by atoms with Gasteiger partial charge in [0.25, 0.3) is 0 Å². The molecule has 41 heavy (non-hydrogen) atoms. The summed E-state index contributed by atoms with van der Waals surface area (Å²) in [6, 6.07) is 10.7. The normalized spacial score (nSPS) is 15.3. The minimum atomic E-state index is -4.77. The summed E-state index contributed by atoms with van der Waals surface area (Å²) in [5, 5.41) is 14.6. The number of aromatic nitrogens is 3. The molecule has 1 fully saturated rings. The molecule has 4 N–H and O–H groups in total. The minimum absolute atomic E-state index is 0.117. The maximum atomic E-state index is 13.1. The number of benzene rings is 2. The summed E-state index contributed by atoms with van der Waals surface area (Å²) >= 11 is 0. The van der Waals surface area contributed by atoms with Crippen molar-refractivity contribution < 1.29 is 27.8 Å². The van der Waals surface area contributed by atoms with E-state index in [1.54, 1.807) is 24.3 Å². The van der Waals surface area contributed by atoms with Crippen LogP contribution in [0.15, 0.2) is 42.5 Å². The number of rotatable bonds is 9. The van der Waals surface area contributed by atoms with E-state index >= 15 is 0 Å². The molecule has 2 aromatic heterocycles. The highest BCUT2D eigenvalue weighted by Crippen LogP contribution is 2.34. The first-order chi connectivity index (χ1) is 19.7. The van der Waals surface area contributed by atoms with Crippen LogP contribution in [0, 0.1) is 0 Å². The van der Waals surface area contributed by atoms with Gasteiger partial charge in [0.05, 0.1) is 23.6 Å². The molecule has 5 rings (SSSR count). The molecule has 218 valence electrons. The molecule has 9 nitrogen and oxygen atoms in total. The molecule has 1 unspecified atom stereocenters. The third-order valence-electron chi connectivity index (χ3n) is 7.44. The number of likely N-dealkylation sites (tertiary alicyclic amines) is 1. The largest absolute Gasteiger partial charge is 0.465 e. The van der Waals surface area contributed by atoms with Crippen molar-refractivity contribution in [1.82, 2.24) is 19.5 Å². The number of esters is 1. The van der Waals surface area contributed by atoms with Crippen LogP contribution in [0.4, 0.5) is 19.0 Å². The first-order valence-corrected chi connectivity index (χ1v) is 13.6. The molecule has 0 radical (unpaired) electrons. The summed E-state index contributed by atoms with van der Waals surface area (Å²) in [5.74, 6) is 6.86. The molecule has 1 saturated heterocycles. The van der Waals surface area contributed by atoms with Gasteiger partial charge in [0.15, 0.2) is 11.8 Å². The van der Waals surface area contributed by atoms with Crippen molar-refractivity contribution in [2.24, 2.45) is 0 Å². The van der Waals surface area contributed by atoms with E-state index < -0.39 is 18.2 Å². The lowest BCUT2D eigenvalue weighted by atomic mass is 10.0. The first kappa shape index (κ1) is 28.6. The number of hydrogen-bond acceptors (Lipinski definition) is 8. The summed E-state index contributed by atoms with van der Waals surface area (Å²) in [5.41, 5.74) is 1.56. The lowest BCUT2D eigenvalue weighted by molar-refractivity contribution is -0.206. The first-order valence-electron chi connectivity index (χ1n) is 13.6. The lowest BCUT2D eigenvalue weighted by Gasteiger charge is -2.26. The quantitative estimate of drug-likeness (QED) is 0.152. The molecule has 0 bridgehead atoms. The maximum Gasteiger partial charge on any atom is 0.418 e. The molecule has 1 atom stereocenters. The highest BCUT2D eigenvalue weighted by Gasteiger charge is 2.39. The number of nitrogens with one attached hydrogen (secondary N) is 1. The summed E-state index contributed by atoms with van der Waals surface area (Å²) < 4.78 is 45.5. The Kier molecular flexibility index (Phi) is 8.32. The number of anilines is 1. The second kappa shape index (κ2) is 11.9. The number of carbonyl (C=O) groups is 1. The average molecular weight is 571 g/mol. The number of halogens is 3. The average Bonchev–Trinajstić information content (AvgIpc) is 3.25. The Balaban J connectivity index is 1.49. The molecule has 2 aromatic carbocycles. The Labute approximate surface area is 235 Å². The predicted molar refractivity (Wildman–Crippen MR) is 150 cm³/mol. The summed E-state index contributed by atoms with van der Waals surface area (Å²) in [4.78, 5) is 24.0. The maximum absolute atomic E-state index is 13.1. The number of alkyl halides is 3. The molecule has 0 aliphatic carbocycles. The Morgan fingerprint density at radius 3 is 2.66 bits per heavy atom. The number of aliphatic hydroxyl groups is 1. The fraction of sp³-hybridized carbons (Fsp3) is 0.414. The van der Waals surface area contributed by atoms with Crippen LogP contribution in [0.1, 0.15) is 59.1 Å². The van der Waals surface area contributed by atoms with Gasteiger partial charge in [-0.3, -0.25) is 0 Å². The summed E-state index contributed by atoms with van der Waals surface area (Å²) in [7, 11) is 1.30. The fourth-order valence-corrected chi connectivity index (χ4v) is 5.36. The highest BCUT2D eigenvalue weighted by atomic mass is 19.4. The number of aliphatic hydroxyl groups excluding tert-OH is 1. The second-order valence-electron chi connectivity index (χ2n) is 10.3. The van der Waals surface area contributed by atoms with E-state index in [-0.39, 0.29) is 12.0 Å². The molecule has 0 spiro atoms. The molecule has 0 amide bonds. The number of hydrogen-bond donors (Lipinski definition) is 3. The van der Waals surface area contributed by atoms with Gasteiger partial charge in [-0.05, 0) is 62.2 Å². The standard InChI is InChI=1S/C29H33F3N6O3/c1-41-28(40)20-9-10-21-22(17-20)38(33)27-24(21)26(34-11-6-14-37-12-3-2-4-13-37)35-23(36-27)16-18-7-5-8-19(15-18)25(39)29(30,31)32/h5,7-10,15,17,25,39H,2-4,6,11-14,16,33H2,1H3,(H,34,35,36). The zero-order valence-corrected chi connectivity index (χ0v) is 22.7. The van der Waals surface area contributed by atoms with Gasteiger partial charge in [-0.15, -0.1) is 0 Å². The number of nitrogen functional groups attached to an aromatic ring is 1. The topological polar surface area (TPSA) is 119 Å². The zero-order chi connectivity index (χ0) is 29.1. The number of ether oxygens (including phenoxy) is 1. The van der Waals surface area contributed by atoms with E-state index in [2.05, 4.69) is 15.2 Å². The Morgan fingerprint density at radius 2 is 1.93 bits per heavy atom. The van der Waals surface area contributed by atoms with Gasteiger partial charge in [0.1, 0.15) is 11.6 Å². The van der Waals surface area contributed by atoms with Crippen molar-refractivity contribution in [2.45, 2.75) is 44.4 Å². The Hall–Kier alpha value is -3.90. The van der Waals surface area contributed by atoms with E-state index in [9.17, 15) is 23.1 Å². The van der Waals surface area contributed by atoms with Crippen molar-refractivity contribution in [3.05, 3.63) is 65.0 Å². The molecule has 0 saturated carbocycles. The fourth-order valence-electron chi connectivity index (χ4n) is 5.36. The third-order valence-corrected chi connectivity index (χ3v) is 7.44. The van der Waals surface area contributed by atoms with E-state index in [1.165, 1.54) is 49.2 Å². The SMILES string of the molecule is COC(=O)c1ccc2c3c(NCCCN4CCCCC4)nc(Cc4cccc(C(O)C(F)(F)F)c4)nc3n(N)c2c1. The van der Waals surface area contributed by atoms with Crippen LogP contribution in [-0.4, -0.2) is 70.1 Å². The molecular weight excluding hydrogens is 537 g/mol. The molecule has 3 heterocycles. The van der Waals surface area contributed by atoms with Crippen molar-refractivity contribution >= 4 is 33.7 Å². The Bertz CT molecular complexity index is 1550. The molecular formula is C29H33F3N6O3. The van der Waals surface area contributed by atoms with Crippen LogP contribution < -0.4 is 11.2 Å². The predicted octanol–water partition coefficient (Wildman–Crippen LogP) is 4.56. The van der Waals surface area contributed by atoms with Crippen LogP contribution in [0.25, 0.3) is 21.9 Å². The smallest absolute Gasteiger partial charge is 0.418 e. The van der Waals surface area contributed by atoms with E-state index in [0.717, 1.165) is 31.4 Å². The summed E-state index contributed by atoms with van der Waals surface area (Å²) in [6.07, 6.45) is -2.64. The van der Waals surface area contributed by atoms with E-state index in [1.807, 2.05) is 0 Å². The van der Waals surface area contributed by atoms with Crippen LogP contribution >= 0.6 is 0 Å². The van der Waals surface area contributed by atoms with Gasteiger partial charge < -0.3 is 25.9 Å². The van der Waals surface area contributed by atoms with Gasteiger partial charge in [-0.2, -0.15) is 13.2 Å². The van der Waals surface area contributed by atoms with Gasteiger partial charge in [-0.1, -0.05) is 36.8 Å². The molecule has 1 aliphatic rings. The highest BCUT2D eigenvalue weighted by molar-refractivity contribution is 6.13. The number of methoxy groups -OCH3 is 1. The number of carbonyl (C=O) groups excluding carboxylic acids is 1. The molecule has 1 aliphatic heterocycles. The van der Waals surface area contributed by atoms with Crippen molar-refractivity contribution in [2.75, 3.05) is 44.4 Å². The number of fused-ring (bicyclic) bond motifs is 3. The van der Waals surface area contributed by atoms with Crippen molar-refractivity contribution in [1.29, 1.82) is 0 Å². The lowest BCUT2D eigenvalue weighted by Crippen LogP contribution is -2.31. The van der Waals surface area contributed by atoms with Crippen molar-refractivity contribution in [3.63, 3.8) is 0 Å². The number of nitrogens with zero attached hydrogens (tertiary/aromatic N) is 4. The number of nitrogens with two attached hydrogens (primary N) is 1. The zero-order valence-electron chi connectivity index (χ0n) is 22.7. The van der Waals surface area contributed by atoms with Gasteiger partial charge in [0.2, 0.25) is 0 Å². The third kappa shape index (κ3) is 6.23. The van der Waals surface area contributed by atoms with Crippen LogP contribution in [-0.2, 0) is 11.2 Å². The van der Waals surface area contributed by atoms with E-state index in [0.29, 0.717) is 45.9 Å².